The fraction of sp³-hybridized carbons (Fsp3) is 1.00. The average Bonchev–Trinajstić information content (AvgIpc) is 2.71. The molecule has 0 aromatic heterocycles. The van der Waals surface area contributed by atoms with E-state index < -0.39 is 0 Å². The van der Waals surface area contributed by atoms with Gasteiger partial charge in [0.25, 0.3) is 0 Å². The van der Waals surface area contributed by atoms with Crippen LogP contribution in [0.15, 0.2) is 0 Å². The third-order valence-corrected chi connectivity index (χ3v) is 20.5. The first-order chi connectivity index (χ1) is 20.5. The van der Waals surface area contributed by atoms with Gasteiger partial charge in [0.15, 0.2) is 0 Å². The van der Waals surface area contributed by atoms with Gasteiger partial charge in [-0.25, -0.2) is 0 Å². The lowest BCUT2D eigenvalue weighted by Gasteiger charge is -2.88. The lowest BCUT2D eigenvalue weighted by Crippen LogP contribution is -2.82. The van der Waals surface area contributed by atoms with Crippen LogP contribution < -0.4 is 0 Å². The molecule has 0 amide bonds. The fourth-order valence-corrected chi connectivity index (χ4v) is 17.8. The van der Waals surface area contributed by atoms with Crippen molar-refractivity contribution in [3.63, 3.8) is 0 Å². The van der Waals surface area contributed by atoms with Crippen LogP contribution in [-0.2, 0) is 0 Å². The second-order valence-electron chi connectivity index (χ2n) is 19.3. The summed E-state index contributed by atoms with van der Waals surface area (Å²) in [6, 6.07) is 0. The first-order valence-electron chi connectivity index (χ1n) is 20.3. The summed E-state index contributed by atoms with van der Waals surface area (Å²) in [7, 11) is 0. The van der Waals surface area contributed by atoms with E-state index >= 15 is 0 Å². The quantitative estimate of drug-likeness (QED) is 0.252. The molecule has 10 aliphatic rings. The lowest BCUT2D eigenvalue weighted by molar-refractivity contribution is -0.394. The predicted molar refractivity (Wildman–Crippen MR) is 173 cm³/mol. The van der Waals surface area contributed by atoms with Gasteiger partial charge in [0.05, 0.1) is 0 Å². The van der Waals surface area contributed by atoms with Gasteiger partial charge in [0.1, 0.15) is 0 Å². The molecule has 0 atom stereocenters. The molecule has 0 aromatic carbocycles. The second kappa shape index (κ2) is 8.45. The van der Waals surface area contributed by atoms with E-state index in [4.69, 9.17) is 0 Å². The molecule has 9 saturated carbocycles. The van der Waals surface area contributed by atoms with Crippen LogP contribution in [0, 0.1) is 43.3 Å². The highest BCUT2D eigenvalue weighted by Crippen LogP contribution is 2.93. The van der Waals surface area contributed by atoms with Gasteiger partial charge in [-0.15, -0.1) is 0 Å². The maximum Gasteiger partial charge on any atom is 0.0271 e. The molecule has 1 heterocycles. The molecule has 0 unspecified atom stereocenters. The zero-order valence-corrected chi connectivity index (χ0v) is 27.9. The van der Waals surface area contributed by atoms with Crippen molar-refractivity contribution in [3.8, 4) is 0 Å². The van der Waals surface area contributed by atoms with Crippen LogP contribution in [0.1, 0.15) is 193 Å². The Morgan fingerprint density at radius 3 is 0.833 bits per heavy atom. The van der Waals surface area contributed by atoms with Crippen LogP contribution in [0.5, 0.6) is 0 Å². The van der Waals surface area contributed by atoms with Gasteiger partial charge in [-0.05, 0) is 191 Å². The molecule has 1 saturated heterocycles. The van der Waals surface area contributed by atoms with E-state index in [-0.39, 0.29) is 0 Å². The molecule has 0 N–H and O–H groups in total. The summed E-state index contributed by atoms with van der Waals surface area (Å²) in [4.78, 5) is 3.13. The van der Waals surface area contributed by atoms with Crippen LogP contribution in [0.3, 0.4) is 0 Å². The zero-order chi connectivity index (χ0) is 28.0. The summed E-state index contributed by atoms with van der Waals surface area (Å²) in [6.45, 7) is 5.54. The van der Waals surface area contributed by atoms with Crippen molar-refractivity contribution in [2.45, 2.75) is 199 Å². The Morgan fingerprint density at radius 1 is 0.333 bits per heavy atom. The first kappa shape index (κ1) is 27.1. The zero-order valence-electron chi connectivity index (χ0n) is 27.9. The molecule has 1 heteroatoms. The van der Waals surface area contributed by atoms with E-state index in [0.29, 0.717) is 16.4 Å². The summed E-state index contributed by atoms with van der Waals surface area (Å²) in [5, 5.41) is 0. The van der Waals surface area contributed by atoms with E-state index in [2.05, 4.69) is 11.8 Å². The van der Waals surface area contributed by atoms with Gasteiger partial charge in [-0.2, -0.15) is 0 Å². The fourth-order valence-electron chi connectivity index (χ4n) is 17.8. The van der Waals surface area contributed by atoms with Crippen LogP contribution in [0.4, 0.5) is 0 Å². The summed E-state index contributed by atoms with van der Waals surface area (Å²) < 4.78 is 0. The molecule has 0 bridgehead atoms. The number of hydrogen-bond donors (Lipinski definition) is 0. The molecule has 0 spiro atoms. The summed E-state index contributed by atoms with van der Waals surface area (Å²) in [5.74, 6) is 0. The molecule has 42 heavy (non-hydrogen) atoms. The maximum atomic E-state index is 3.13. The van der Waals surface area contributed by atoms with Crippen LogP contribution in [0.2, 0.25) is 0 Å². The molecule has 1 aliphatic heterocycles. The maximum absolute atomic E-state index is 3.13. The molecule has 234 valence electrons. The Hall–Kier alpha value is -0.0400. The highest BCUT2D eigenvalue weighted by atomic mass is 15.3. The predicted octanol–water partition coefficient (Wildman–Crippen LogP) is 11.4. The Labute approximate surface area is 259 Å². The smallest absolute Gasteiger partial charge is 0.0271 e. The molecule has 0 aromatic rings. The van der Waals surface area contributed by atoms with Gasteiger partial charge in [-0.1, -0.05) is 58.3 Å². The van der Waals surface area contributed by atoms with E-state index in [0.717, 1.165) is 32.5 Å². The van der Waals surface area contributed by atoms with Crippen molar-refractivity contribution in [2.75, 3.05) is 13.1 Å². The molecule has 0 radical (unpaired) electrons. The third-order valence-electron chi connectivity index (χ3n) is 20.5. The van der Waals surface area contributed by atoms with Crippen molar-refractivity contribution in [2.24, 2.45) is 43.3 Å². The Kier molecular flexibility index (Phi) is 5.46. The topological polar surface area (TPSA) is 3.24 Å². The third kappa shape index (κ3) is 2.40. The monoisotopic (exact) mass is 572 g/mol. The Balaban J connectivity index is 1.13. The van der Waals surface area contributed by atoms with Gasteiger partial charge in [0.2, 0.25) is 0 Å². The summed E-state index contributed by atoms with van der Waals surface area (Å²) in [6.07, 6.45) is 46.6. The lowest BCUT2D eigenvalue weighted by atomic mass is 9.16. The second-order valence-corrected chi connectivity index (χ2v) is 19.3. The van der Waals surface area contributed by atoms with Crippen LogP contribution in [-0.4, -0.2) is 23.5 Å². The van der Waals surface area contributed by atoms with Crippen molar-refractivity contribution in [1.29, 1.82) is 0 Å². The SMILES string of the molecule is CCC1(C2(C3(C4(C5(C6(C7(C8(C9(N%10CCC%10)CCC9)CCC8)CCC7)CCC6)CCC5)CCC4)CCC3)CCC2)CCC1. The number of nitrogens with zero attached hydrogens (tertiary/aromatic N) is 1. The normalized spacial score (nSPS) is 39.4. The van der Waals surface area contributed by atoms with Crippen LogP contribution >= 0.6 is 0 Å². The van der Waals surface area contributed by atoms with Crippen molar-refractivity contribution in [1.82, 2.24) is 4.90 Å². The minimum absolute atomic E-state index is 0.631. The van der Waals surface area contributed by atoms with Crippen LogP contribution in [0.25, 0.3) is 0 Å². The Bertz CT molecular complexity index is 1080. The highest BCUT2D eigenvalue weighted by molar-refractivity contribution is 5.35. The van der Waals surface area contributed by atoms with Crippen molar-refractivity contribution < 1.29 is 0 Å². The van der Waals surface area contributed by atoms with Gasteiger partial charge in [-0.3, -0.25) is 4.90 Å². The number of hydrogen-bond acceptors (Lipinski definition) is 1. The number of rotatable bonds is 10. The van der Waals surface area contributed by atoms with Crippen molar-refractivity contribution in [3.05, 3.63) is 0 Å². The van der Waals surface area contributed by atoms with Gasteiger partial charge < -0.3 is 0 Å². The van der Waals surface area contributed by atoms with E-state index in [9.17, 15) is 0 Å². The molecular weight excluding hydrogens is 506 g/mol. The summed E-state index contributed by atoms with van der Waals surface area (Å²) >= 11 is 0. The van der Waals surface area contributed by atoms with E-state index in [1.54, 1.807) is 173 Å². The molecular formula is C41H65N. The largest absolute Gasteiger partial charge is 0.297 e. The van der Waals surface area contributed by atoms with E-state index in [1.165, 1.54) is 25.9 Å². The average molecular weight is 572 g/mol. The minimum atomic E-state index is 0.631. The van der Waals surface area contributed by atoms with Gasteiger partial charge >= 0.3 is 0 Å². The minimum Gasteiger partial charge on any atom is -0.297 e. The Morgan fingerprint density at radius 2 is 0.643 bits per heavy atom. The highest BCUT2D eigenvalue weighted by Gasteiger charge is 2.85. The van der Waals surface area contributed by atoms with Crippen molar-refractivity contribution >= 4 is 0 Å². The number of likely N-dealkylation sites (tertiary alicyclic amines) is 1. The standard InChI is InChI=1S/C41H65N/c1-2-33(13-3-14-33)34(15-4-16-34)35(17-5-18-35)36(19-6-20-36)37(21-7-22-37)38(23-8-24-38)39(25-9-26-39)40(27-10-28-40)41(29-11-30-41)42-31-12-32-42/h2-32H2,1H3. The van der Waals surface area contributed by atoms with Gasteiger partial charge in [0, 0.05) is 5.54 Å². The molecule has 1 nitrogen and oxygen atoms in total. The summed E-state index contributed by atoms with van der Waals surface area (Å²) in [5.41, 5.74) is 6.43. The molecule has 9 aliphatic carbocycles. The molecule has 10 fully saturated rings. The first-order valence-corrected chi connectivity index (χ1v) is 20.3. The molecule has 10 rings (SSSR count). The van der Waals surface area contributed by atoms with E-state index in [1.807, 2.05) is 0 Å².